The van der Waals surface area contributed by atoms with Gasteiger partial charge in [-0.3, -0.25) is 10.1 Å². The number of aryl methyl sites for hydroxylation is 1. The summed E-state index contributed by atoms with van der Waals surface area (Å²) in [5, 5.41) is 3.59. The van der Waals surface area contributed by atoms with Gasteiger partial charge in [0.2, 0.25) is 5.91 Å². The monoisotopic (exact) mass is 310 g/mol. The van der Waals surface area contributed by atoms with E-state index in [2.05, 4.69) is 35.5 Å². The molecule has 1 aromatic rings. The maximum atomic E-state index is 12.6. The van der Waals surface area contributed by atoms with Crippen molar-refractivity contribution in [3.8, 4) is 0 Å². The molecule has 1 atom stereocenters. The molecule has 0 aromatic carbocycles. The number of nitrogens with one attached hydrogen (secondary N) is 1. The molecule has 3 rings (SSSR count). The molecule has 110 valence electrons. The van der Waals surface area contributed by atoms with Crippen molar-refractivity contribution in [3.63, 3.8) is 0 Å². The Morgan fingerprint density at radius 2 is 2.25 bits per heavy atom. The first-order chi connectivity index (χ1) is 9.66. The number of thiophene rings is 1. The molecule has 0 radical (unpaired) electrons. The highest BCUT2D eigenvalue weighted by Gasteiger charge is 2.59. The van der Waals surface area contributed by atoms with Crippen LogP contribution in [0, 0.1) is 6.92 Å². The van der Waals surface area contributed by atoms with Crippen LogP contribution in [0.3, 0.4) is 0 Å². The first-order valence-corrected chi connectivity index (χ1v) is 9.51. The molecule has 2 aliphatic rings. The molecule has 1 saturated carbocycles. The van der Waals surface area contributed by atoms with Crippen LogP contribution in [-0.2, 0) is 4.79 Å². The topological polar surface area (TPSA) is 32.3 Å². The SMILES string of the molecule is CSCCCCN1C(=O)C2(CC2)NC1c1ccc(C)s1. The molecule has 20 heavy (non-hydrogen) atoms. The second kappa shape index (κ2) is 5.70. The highest BCUT2D eigenvalue weighted by atomic mass is 32.2. The summed E-state index contributed by atoms with van der Waals surface area (Å²) >= 11 is 3.68. The molecule has 1 aliphatic heterocycles. The Morgan fingerprint density at radius 1 is 1.45 bits per heavy atom. The zero-order valence-corrected chi connectivity index (χ0v) is 13.8. The minimum absolute atomic E-state index is 0.109. The Labute approximate surface area is 129 Å². The maximum Gasteiger partial charge on any atom is 0.244 e. The van der Waals surface area contributed by atoms with Gasteiger partial charge in [0, 0.05) is 16.3 Å². The zero-order valence-electron chi connectivity index (χ0n) is 12.1. The molecule has 2 fully saturated rings. The van der Waals surface area contributed by atoms with Gasteiger partial charge in [0.05, 0.1) is 0 Å². The Kier molecular flexibility index (Phi) is 4.11. The Bertz CT molecular complexity index is 496. The summed E-state index contributed by atoms with van der Waals surface area (Å²) in [4.78, 5) is 17.3. The summed E-state index contributed by atoms with van der Waals surface area (Å²) in [7, 11) is 0. The molecule has 1 unspecified atom stereocenters. The van der Waals surface area contributed by atoms with Crippen molar-refractivity contribution in [3.05, 3.63) is 21.9 Å². The molecule has 1 aromatic heterocycles. The second-order valence-corrected chi connectivity index (χ2v) is 8.08. The van der Waals surface area contributed by atoms with Crippen molar-refractivity contribution in [1.82, 2.24) is 10.2 Å². The van der Waals surface area contributed by atoms with Crippen LogP contribution in [0.2, 0.25) is 0 Å². The number of unbranched alkanes of at least 4 members (excludes halogenated alkanes) is 1. The van der Waals surface area contributed by atoms with E-state index in [-0.39, 0.29) is 11.7 Å². The third-order valence-corrected chi connectivity index (χ3v) is 5.92. The third-order valence-electron chi connectivity index (χ3n) is 4.17. The van der Waals surface area contributed by atoms with Crippen LogP contribution in [0.4, 0.5) is 0 Å². The Hall–Kier alpha value is -0.520. The molecule has 1 saturated heterocycles. The van der Waals surface area contributed by atoms with E-state index in [1.807, 2.05) is 11.8 Å². The van der Waals surface area contributed by atoms with Crippen molar-refractivity contribution in [2.45, 2.75) is 44.3 Å². The summed E-state index contributed by atoms with van der Waals surface area (Å²) < 4.78 is 0. The van der Waals surface area contributed by atoms with Crippen LogP contribution in [0.15, 0.2) is 12.1 Å². The molecule has 1 amide bonds. The Balaban J connectivity index is 1.71. The predicted molar refractivity (Wildman–Crippen MR) is 86.2 cm³/mol. The van der Waals surface area contributed by atoms with Crippen LogP contribution >= 0.6 is 23.1 Å². The van der Waals surface area contributed by atoms with Crippen LogP contribution in [-0.4, -0.2) is 34.9 Å². The number of rotatable bonds is 6. The normalized spacial score (nSPS) is 23.8. The van der Waals surface area contributed by atoms with E-state index in [4.69, 9.17) is 0 Å². The van der Waals surface area contributed by atoms with E-state index in [1.165, 1.54) is 21.9 Å². The number of hydrogen-bond acceptors (Lipinski definition) is 4. The van der Waals surface area contributed by atoms with Crippen molar-refractivity contribution in [2.75, 3.05) is 18.6 Å². The van der Waals surface area contributed by atoms with Crippen LogP contribution in [0.5, 0.6) is 0 Å². The summed E-state index contributed by atoms with van der Waals surface area (Å²) in [6.07, 6.45) is 6.55. The molecular formula is C15H22N2OS2. The van der Waals surface area contributed by atoms with Crippen LogP contribution in [0.25, 0.3) is 0 Å². The summed E-state index contributed by atoms with van der Waals surface area (Å²) in [5.74, 6) is 1.52. The molecule has 1 aliphatic carbocycles. The van der Waals surface area contributed by atoms with Gasteiger partial charge in [-0.15, -0.1) is 11.3 Å². The molecule has 2 heterocycles. The van der Waals surface area contributed by atoms with E-state index >= 15 is 0 Å². The van der Waals surface area contributed by atoms with Gasteiger partial charge in [-0.05, 0) is 56.7 Å². The first-order valence-electron chi connectivity index (χ1n) is 7.30. The summed E-state index contributed by atoms with van der Waals surface area (Å²) in [5.41, 5.74) is -0.206. The largest absolute Gasteiger partial charge is 0.320 e. The van der Waals surface area contributed by atoms with Gasteiger partial charge in [-0.25, -0.2) is 0 Å². The lowest BCUT2D eigenvalue weighted by molar-refractivity contribution is -0.130. The first kappa shape index (κ1) is 14.4. The minimum atomic E-state index is -0.206. The quantitative estimate of drug-likeness (QED) is 0.819. The number of amides is 1. The Morgan fingerprint density at radius 3 is 2.85 bits per heavy atom. The van der Waals surface area contributed by atoms with Gasteiger partial charge in [-0.1, -0.05) is 0 Å². The molecule has 1 N–H and O–H groups in total. The molecule has 5 heteroatoms. The van der Waals surface area contributed by atoms with Gasteiger partial charge in [0.25, 0.3) is 0 Å². The van der Waals surface area contributed by atoms with E-state index in [9.17, 15) is 4.79 Å². The highest BCUT2D eigenvalue weighted by Crippen LogP contribution is 2.46. The molecular weight excluding hydrogens is 288 g/mol. The zero-order chi connectivity index (χ0) is 14.2. The standard InChI is InChI=1S/C15H22N2OS2/c1-11-5-6-12(20-11)13-16-15(7-8-15)14(18)17(13)9-3-4-10-19-2/h5-6,13,16H,3-4,7-10H2,1-2H3. The summed E-state index contributed by atoms with van der Waals surface area (Å²) in [6.45, 7) is 3.01. The number of carbonyl (C=O) groups is 1. The fourth-order valence-corrected chi connectivity index (χ4v) is 4.30. The van der Waals surface area contributed by atoms with Gasteiger partial charge in [0.1, 0.15) is 11.7 Å². The highest BCUT2D eigenvalue weighted by molar-refractivity contribution is 7.98. The van der Waals surface area contributed by atoms with Gasteiger partial charge in [0.15, 0.2) is 0 Å². The fourth-order valence-electron chi connectivity index (χ4n) is 2.86. The maximum absolute atomic E-state index is 12.6. The number of hydrogen-bond donors (Lipinski definition) is 1. The minimum Gasteiger partial charge on any atom is -0.320 e. The predicted octanol–water partition coefficient (Wildman–Crippen LogP) is 3.16. The van der Waals surface area contributed by atoms with Crippen molar-refractivity contribution in [1.29, 1.82) is 0 Å². The molecule has 1 spiro atoms. The molecule has 3 nitrogen and oxygen atoms in total. The number of carbonyl (C=O) groups excluding carboxylic acids is 1. The van der Waals surface area contributed by atoms with Crippen molar-refractivity contribution >= 4 is 29.0 Å². The smallest absolute Gasteiger partial charge is 0.244 e. The lowest BCUT2D eigenvalue weighted by Crippen LogP contribution is -2.33. The van der Waals surface area contributed by atoms with E-state index in [0.29, 0.717) is 5.91 Å². The fraction of sp³-hybridized carbons (Fsp3) is 0.667. The lowest BCUT2D eigenvalue weighted by atomic mass is 10.2. The van der Waals surface area contributed by atoms with Crippen LogP contribution in [0.1, 0.15) is 41.6 Å². The van der Waals surface area contributed by atoms with Crippen LogP contribution < -0.4 is 5.32 Å². The number of nitrogens with zero attached hydrogens (tertiary/aromatic N) is 1. The average Bonchev–Trinajstić information content (AvgIpc) is 3.02. The second-order valence-electron chi connectivity index (χ2n) is 5.78. The van der Waals surface area contributed by atoms with Gasteiger partial charge in [-0.2, -0.15) is 11.8 Å². The summed E-state index contributed by atoms with van der Waals surface area (Å²) in [6, 6.07) is 4.32. The third kappa shape index (κ3) is 2.63. The van der Waals surface area contributed by atoms with E-state index < -0.39 is 0 Å². The van der Waals surface area contributed by atoms with Gasteiger partial charge >= 0.3 is 0 Å². The molecule has 0 bridgehead atoms. The van der Waals surface area contributed by atoms with Crippen molar-refractivity contribution in [2.24, 2.45) is 0 Å². The number of thioether (sulfide) groups is 1. The average molecular weight is 310 g/mol. The van der Waals surface area contributed by atoms with E-state index in [0.717, 1.165) is 25.8 Å². The van der Waals surface area contributed by atoms with Crippen molar-refractivity contribution < 1.29 is 4.79 Å². The lowest BCUT2D eigenvalue weighted by Gasteiger charge is -2.23. The van der Waals surface area contributed by atoms with E-state index in [1.54, 1.807) is 11.3 Å². The van der Waals surface area contributed by atoms with Gasteiger partial charge < -0.3 is 4.90 Å².